The summed E-state index contributed by atoms with van der Waals surface area (Å²) in [5.41, 5.74) is 1.14. The van der Waals surface area contributed by atoms with E-state index in [0.717, 1.165) is 5.56 Å². The lowest BCUT2D eigenvalue weighted by atomic mass is 10.2. The molecule has 0 unspecified atom stereocenters. The lowest BCUT2D eigenvalue weighted by Gasteiger charge is -2.19. The van der Waals surface area contributed by atoms with Crippen molar-refractivity contribution >= 4 is 0 Å². The van der Waals surface area contributed by atoms with E-state index in [1.807, 2.05) is 42.5 Å². The Kier molecular flexibility index (Phi) is 6.45. The minimum absolute atomic E-state index is 0.0966. The Bertz CT molecular complexity index is 477. The third-order valence-corrected chi connectivity index (χ3v) is 3.07. The minimum Gasteiger partial charge on any atom is -0.374 e. The van der Waals surface area contributed by atoms with Crippen LogP contribution in [0.1, 0.15) is 5.56 Å². The van der Waals surface area contributed by atoms with E-state index < -0.39 is 6.10 Å². The van der Waals surface area contributed by atoms with Gasteiger partial charge >= 0.3 is 0 Å². The van der Waals surface area contributed by atoms with Crippen LogP contribution >= 0.6 is 0 Å². The van der Waals surface area contributed by atoms with E-state index >= 15 is 0 Å². The Balaban J connectivity index is 1.71. The molecule has 0 saturated heterocycles. The summed E-state index contributed by atoms with van der Waals surface area (Å²) in [5.74, 6) is 2.56. The van der Waals surface area contributed by atoms with Crippen molar-refractivity contribution in [2.45, 2.75) is 24.9 Å². The molecule has 0 aromatic heterocycles. The summed E-state index contributed by atoms with van der Waals surface area (Å²) in [7, 11) is 1.55. The first-order valence-corrected chi connectivity index (χ1v) is 6.85. The maximum Gasteiger partial charge on any atom is 0.150 e. The Morgan fingerprint density at radius 1 is 1.29 bits per heavy atom. The molecule has 1 aromatic carbocycles. The molecule has 0 spiro atoms. The number of terminal acetylenes is 1. The first-order valence-electron chi connectivity index (χ1n) is 6.85. The van der Waals surface area contributed by atoms with Crippen LogP contribution in [0.2, 0.25) is 0 Å². The summed E-state index contributed by atoms with van der Waals surface area (Å²) in [4.78, 5) is 0. The number of benzene rings is 1. The van der Waals surface area contributed by atoms with Crippen molar-refractivity contribution in [2.24, 2.45) is 0 Å². The Hall–Kier alpha value is -1.64. The van der Waals surface area contributed by atoms with E-state index in [-0.39, 0.29) is 19.0 Å². The summed E-state index contributed by atoms with van der Waals surface area (Å²) in [5, 5.41) is 0. The zero-order valence-corrected chi connectivity index (χ0v) is 12.1. The van der Waals surface area contributed by atoms with Gasteiger partial charge in [-0.15, -0.1) is 6.42 Å². The van der Waals surface area contributed by atoms with Crippen molar-refractivity contribution in [1.29, 1.82) is 0 Å². The van der Waals surface area contributed by atoms with Crippen molar-refractivity contribution < 1.29 is 18.9 Å². The summed E-state index contributed by atoms with van der Waals surface area (Å²) >= 11 is 0. The van der Waals surface area contributed by atoms with E-state index in [0.29, 0.717) is 13.2 Å². The van der Waals surface area contributed by atoms with Crippen LogP contribution in [0.4, 0.5) is 0 Å². The van der Waals surface area contributed by atoms with Crippen molar-refractivity contribution in [3.05, 3.63) is 48.0 Å². The topological polar surface area (TPSA) is 36.9 Å². The van der Waals surface area contributed by atoms with Gasteiger partial charge in [0.25, 0.3) is 0 Å². The summed E-state index contributed by atoms with van der Waals surface area (Å²) in [6.07, 6.45) is 8.51. The van der Waals surface area contributed by atoms with Crippen LogP contribution in [-0.4, -0.2) is 38.8 Å². The molecule has 2 rings (SSSR count). The van der Waals surface area contributed by atoms with Gasteiger partial charge in [0.1, 0.15) is 19.0 Å². The van der Waals surface area contributed by atoms with Crippen molar-refractivity contribution in [3.8, 4) is 12.3 Å². The highest BCUT2D eigenvalue weighted by Crippen LogP contribution is 2.17. The Labute approximate surface area is 125 Å². The standard InChI is InChI=1S/C17H20O4/c1-3-16(20-13-18-2)17-10-9-15(21-17)12-19-11-14-7-5-4-6-8-14/h1,4-10,15-17H,11-13H2,2H3/t15-,16-,17-/m0/s1. The highest BCUT2D eigenvalue weighted by molar-refractivity contribution is 5.14. The van der Waals surface area contributed by atoms with Gasteiger partial charge in [-0.25, -0.2) is 0 Å². The van der Waals surface area contributed by atoms with E-state index in [4.69, 9.17) is 25.4 Å². The molecule has 1 aromatic rings. The lowest BCUT2D eigenvalue weighted by Crippen LogP contribution is -2.30. The molecular formula is C17H20O4. The van der Waals surface area contributed by atoms with Gasteiger partial charge < -0.3 is 18.9 Å². The third kappa shape index (κ3) is 5.00. The Morgan fingerprint density at radius 3 is 2.81 bits per heavy atom. The zero-order chi connectivity index (χ0) is 14.9. The Morgan fingerprint density at radius 2 is 2.10 bits per heavy atom. The van der Waals surface area contributed by atoms with Crippen LogP contribution in [0.15, 0.2) is 42.5 Å². The van der Waals surface area contributed by atoms with Gasteiger partial charge in [0.15, 0.2) is 0 Å². The molecule has 0 fully saturated rings. The van der Waals surface area contributed by atoms with Gasteiger partial charge in [0, 0.05) is 7.11 Å². The lowest BCUT2D eigenvalue weighted by molar-refractivity contribution is -0.104. The van der Waals surface area contributed by atoms with Crippen molar-refractivity contribution in [2.75, 3.05) is 20.5 Å². The molecule has 0 bridgehead atoms. The smallest absolute Gasteiger partial charge is 0.150 e. The van der Waals surface area contributed by atoms with Gasteiger partial charge in [0.05, 0.1) is 19.3 Å². The third-order valence-electron chi connectivity index (χ3n) is 3.07. The fraction of sp³-hybridized carbons (Fsp3) is 0.412. The second-order valence-corrected chi connectivity index (χ2v) is 4.69. The fourth-order valence-corrected chi connectivity index (χ4v) is 2.04. The first kappa shape index (κ1) is 15.7. The van der Waals surface area contributed by atoms with Crippen LogP contribution in [0.25, 0.3) is 0 Å². The van der Waals surface area contributed by atoms with Crippen LogP contribution < -0.4 is 0 Å². The second-order valence-electron chi connectivity index (χ2n) is 4.69. The van der Waals surface area contributed by atoms with Gasteiger partial charge in [-0.05, 0) is 5.56 Å². The number of hydrogen-bond donors (Lipinski definition) is 0. The maximum atomic E-state index is 5.79. The first-order chi connectivity index (χ1) is 10.3. The molecule has 0 amide bonds. The van der Waals surface area contributed by atoms with Crippen LogP contribution in [-0.2, 0) is 25.6 Å². The fourth-order valence-electron chi connectivity index (χ4n) is 2.04. The minimum atomic E-state index is -0.444. The molecule has 1 aliphatic rings. The molecule has 4 heteroatoms. The predicted molar refractivity (Wildman–Crippen MR) is 79.5 cm³/mol. The largest absolute Gasteiger partial charge is 0.374 e. The van der Waals surface area contributed by atoms with Crippen LogP contribution in [0, 0.1) is 12.3 Å². The monoisotopic (exact) mass is 288 g/mol. The quantitative estimate of drug-likeness (QED) is 0.417. The normalized spacial score (nSPS) is 22.1. The summed E-state index contributed by atoms with van der Waals surface area (Å²) in [6, 6.07) is 10.0. The predicted octanol–water partition coefficient (Wildman–Crippen LogP) is 2.15. The van der Waals surface area contributed by atoms with Crippen molar-refractivity contribution in [3.63, 3.8) is 0 Å². The number of methoxy groups -OCH3 is 1. The maximum absolute atomic E-state index is 5.79. The number of hydrogen-bond acceptors (Lipinski definition) is 4. The molecule has 0 radical (unpaired) electrons. The zero-order valence-electron chi connectivity index (χ0n) is 12.1. The summed E-state index contributed by atoms with van der Waals surface area (Å²) in [6.45, 7) is 1.21. The highest BCUT2D eigenvalue weighted by atomic mass is 16.7. The molecule has 4 nitrogen and oxygen atoms in total. The molecule has 0 aliphatic carbocycles. The van der Waals surface area contributed by atoms with E-state index in [2.05, 4.69) is 5.92 Å². The molecule has 0 saturated carbocycles. The van der Waals surface area contributed by atoms with Crippen LogP contribution in [0.3, 0.4) is 0 Å². The molecule has 21 heavy (non-hydrogen) atoms. The van der Waals surface area contributed by atoms with Gasteiger partial charge in [-0.1, -0.05) is 48.4 Å². The molecule has 1 heterocycles. The molecule has 1 aliphatic heterocycles. The SMILES string of the molecule is C#C[C@H](OCOC)[C@@H]1C=C[C@@H](COCc2ccccc2)O1. The highest BCUT2D eigenvalue weighted by Gasteiger charge is 2.26. The molecular weight excluding hydrogens is 268 g/mol. The molecule has 112 valence electrons. The summed E-state index contributed by atoms with van der Waals surface area (Å²) < 4.78 is 21.7. The van der Waals surface area contributed by atoms with Crippen molar-refractivity contribution in [1.82, 2.24) is 0 Å². The van der Waals surface area contributed by atoms with Gasteiger partial charge in [-0.2, -0.15) is 0 Å². The average Bonchev–Trinajstić information content (AvgIpc) is 2.98. The average molecular weight is 288 g/mol. The number of rotatable bonds is 8. The van der Waals surface area contributed by atoms with Crippen LogP contribution in [0.5, 0.6) is 0 Å². The van der Waals surface area contributed by atoms with E-state index in [1.165, 1.54) is 0 Å². The van der Waals surface area contributed by atoms with E-state index in [9.17, 15) is 0 Å². The molecule has 0 N–H and O–H groups in total. The number of ether oxygens (including phenoxy) is 4. The van der Waals surface area contributed by atoms with E-state index in [1.54, 1.807) is 7.11 Å². The molecule has 3 atom stereocenters. The van der Waals surface area contributed by atoms with Gasteiger partial charge in [-0.3, -0.25) is 0 Å². The second kappa shape index (κ2) is 8.60. The van der Waals surface area contributed by atoms with Gasteiger partial charge in [0.2, 0.25) is 0 Å².